The summed E-state index contributed by atoms with van der Waals surface area (Å²) in [6.45, 7) is 5.39. The molecule has 0 spiro atoms. The first kappa shape index (κ1) is 18.6. The summed E-state index contributed by atoms with van der Waals surface area (Å²) in [6, 6.07) is 7.89. The number of carbonyl (C=O) groups excluding carboxylic acids is 1. The molecule has 144 valence electrons. The van der Waals surface area contributed by atoms with Crippen LogP contribution in [0, 0.1) is 18.8 Å². The van der Waals surface area contributed by atoms with E-state index < -0.39 is 0 Å². The van der Waals surface area contributed by atoms with Crippen LogP contribution in [0.1, 0.15) is 48.4 Å². The van der Waals surface area contributed by atoms with E-state index in [1.807, 2.05) is 31.2 Å². The van der Waals surface area contributed by atoms with Crippen LogP contribution in [-0.4, -0.2) is 28.9 Å². The molecule has 5 heteroatoms. The molecule has 1 aromatic heterocycles. The molecular weight excluding hydrogens is 354 g/mol. The molecule has 2 heterocycles. The molecule has 4 rings (SSSR count). The Morgan fingerprint density at radius 3 is 2.78 bits per heavy atom. The highest BCUT2D eigenvalue weighted by atomic mass is 32.1. The molecule has 1 aliphatic carbocycles. The predicted octanol–water partition coefficient (Wildman–Crippen LogP) is 4.64. The van der Waals surface area contributed by atoms with Crippen molar-refractivity contribution in [3.63, 3.8) is 0 Å². The minimum atomic E-state index is 0.00257. The van der Waals surface area contributed by atoms with Gasteiger partial charge in [-0.1, -0.05) is 37.0 Å². The number of aromatic nitrogens is 1. The number of likely N-dealkylation sites (tertiary alicyclic amines) is 1. The van der Waals surface area contributed by atoms with Gasteiger partial charge in [0.1, 0.15) is 5.01 Å². The number of fused-ring (bicyclic) bond motifs is 1. The van der Waals surface area contributed by atoms with E-state index in [4.69, 9.17) is 4.98 Å². The van der Waals surface area contributed by atoms with Crippen LogP contribution in [0.2, 0.25) is 0 Å². The van der Waals surface area contributed by atoms with Crippen molar-refractivity contribution in [1.82, 2.24) is 9.88 Å². The van der Waals surface area contributed by atoms with Crippen LogP contribution in [0.4, 0.5) is 5.69 Å². The SMILES string of the molecule is Cc1ccc(NC(=O)Cc2nc(CN3CC[C@@H]4CCCC[C@@H]4C3)cs2)cc1. The fraction of sp³-hybridized carbons (Fsp3) is 0.545. The highest BCUT2D eigenvalue weighted by Gasteiger charge is 2.31. The first-order chi connectivity index (χ1) is 13.2. The standard InChI is InChI=1S/C22H29N3OS/c1-16-6-8-19(9-7-16)23-21(26)12-22-24-20(15-27-22)14-25-11-10-17-4-2-3-5-18(17)13-25/h6-9,15,17-18H,2-5,10-14H2,1H3,(H,23,26)/t17-,18+/m0/s1. The summed E-state index contributed by atoms with van der Waals surface area (Å²) in [5, 5.41) is 5.99. The van der Waals surface area contributed by atoms with Crippen LogP contribution in [-0.2, 0) is 17.8 Å². The summed E-state index contributed by atoms with van der Waals surface area (Å²) in [6.07, 6.45) is 7.38. The first-order valence-electron chi connectivity index (χ1n) is 10.2. The number of amides is 1. The van der Waals surface area contributed by atoms with E-state index in [9.17, 15) is 4.79 Å². The van der Waals surface area contributed by atoms with Crippen molar-refractivity contribution in [2.24, 2.45) is 11.8 Å². The first-order valence-corrected chi connectivity index (χ1v) is 11.1. The molecule has 0 bridgehead atoms. The number of hydrogen-bond acceptors (Lipinski definition) is 4. The molecule has 4 nitrogen and oxygen atoms in total. The summed E-state index contributed by atoms with van der Waals surface area (Å²) in [5.74, 6) is 1.86. The van der Waals surface area contributed by atoms with Crippen molar-refractivity contribution in [1.29, 1.82) is 0 Å². The van der Waals surface area contributed by atoms with Gasteiger partial charge in [0, 0.05) is 24.2 Å². The van der Waals surface area contributed by atoms with Gasteiger partial charge in [0.15, 0.2) is 0 Å². The summed E-state index contributed by atoms with van der Waals surface area (Å²) in [4.78, 5) is 19.6. The third kappa shape index (κ3) is 4.96. The van der Waals surface area contributed by atoms with Gasteiger partial charge in [0.2, 0.25) is 5.91 Å². The lowest BCUT2D eigenvalue weighted by atomic mass is 9.75. The quantitative estimate of drug-likeness (QED) is 0.818. The molecule has 0 radical (unpaired) electrons. The molecule has 1 saturated carbocycles. The van der Waals surface area contributed by atoms with Crippen molar-refractivity contribution in [3.05, 3.63) is 45.9 Å². The van der Waals surface area contributed by atoms with E-state index >= 15 is 0 Å². The Morgan fingerprint density at radius 2 is 1.96 bits per heavy atom. The molecule has 0 unspecified atom stereocenters. The van der Waals surface area contributed by atoms with Crippen molar-refractivity contribution in [3.8, 4) is 0 Å². The van der Waals surface area contributed by atoms with E-state index in [0.717, 1.165) is 34.8 Å². The number of piperidine rings is 1. The number of nitrogens with one attached hydrogen (secondary N) is 1. The smallest absolute Gasteiger partial charge is 0.231 e. The van der Waals surface area contributed by atoms with Crippen molar-refractivity contribution < 1.29 is 4.79 Å². The van der Waals surface area contributed by atoms with E-state index in [0.29, 0.717) is 6.42 Å². The number of anilines is 1. The lowest BCUT2D eigenvalue weighted by molar-refractivity contribution is -0.115. The van der Waals surface area contributed by atoms with Gasteiger partial charge in [-0.3, -0.25) is 9.69 Å². The summed E-state index contributed by atoms with van der Waals surface area (Å²) in [7, 11) is 0. The van der Waals surface area contributed by atoms with Gasteiger partial charge >= 0.3 is 0 Å². The Bertz CT molecular complexity index is 770. The number of aryl methyl sites for hydroxylation is 1. The number of carbonyl (C=O) groups is 1. The molecule has 2 atom stereocenters. The highest BCUT2D eigenvalue weighted by molar-refractivity contribution is 7.09. The predicted molar refractivity (Wildman–Crippen MR) is 111 cm³/mol. The molecule has 1 aromatic carbocycles. The van der Waals surface area contributed by atoms with Crippen LogP contribution in [0.3, 0.4) is 0 Å². The van der Waals surface area contributed by atoms with Gasteiger partial charge in [-0.05, 0) is 50.3 Å². The molecular formula is C22H29N3OS. The molecule has 2 fully saturated rings. The molecule has 2 aromatic rings. The van der Waals surface area contributed by atoms with Gasteiger partial charge < -0.3 is 5.32 Å². The van der Waals surface area contributed by atoms with Crippen molar-refractivity contribution in [2.75, 3.05) is 18.4 Å². The number of rotatable bonds is 5. The Hall–Kier alpha value is -1.72. The van der Waals surface area contributed by atoms with E-state index in [1.54, 1.807) is 11.3 Å². The maximum atomic E-state index is 12.3. The minimum Gasteiger partial charge on any atom is -0.326 e. The lowest BCUT2D eigenvalue weighted by Crippen LogP contribution is -2.41. The van der Waals surface area contributed by atoms with Crippen LogP contribution in [0.5, 0.6) is 0 Å². The molecule has 1 saturated heterocycles. The fourth-order valence-corrected chi connectivity index (χ4v) is 5.31. The van der Waals surface area contributed by atoms with Gasteiger partial charge in [0.05, 0.1) is 12.1 Å². The van der Waals surface area contributed by atoms with Crippen LogP contribution in [0.25, 0.3) is 0 Å². The zero-order valence-corrected chi connectivity index (χ0v) is 16.9. The third-order valence-corrected chi connectivity index (χ3v) is 6.90. The Kier molecular flexibility index (Phi) is 5.89. The summed E-state index contributed by atoms with van der Waals surface area (Å²) < 4.78 is 0. The lowest BCUT2D eigenvalue weighted by Gasteiger charge is -2.41. The molecule has 27 heavy (non-hydrogen) atoms. The summed E-state index contributed by atoms with van der Waals surface area (Å²) >= 11 is 1.60. The van der Waals surface area contributed by atoms with Crippen LogP contribution < -0.4 is 5.32 Å². The Labute approximate surface area is 166 Å². The van der Waals surface area contributed by atoms with Gasteiger partial charge in [-0.15, -0.1) is 11.3 Å². The zero-order chi connectivity index (χ0) is 18.6. The molecule has 2 aliphatic rings. The monoisotopic (exact) mass is 383 g/mol. The number of thiazole rings is 1. The van der Waals surface area contributed by atoms with E-state index in [-0.39, 0.29) is 5.91 Å². The second-order valence-electron chi connectivity index (χ2n) is 8.15. The van der Waals surface area contributed by atoms with Gasteiger partial charge in [0.25, 0.3) is 0 Å². The Morgan fingerprint density at radius 1 is 1.19 bits per heavy atom. The second kappa shape index (κ2) is 8.53. The maximum absolute atomic E-state index is 12.3. The topological polar surface area (TPSA) is 45.2 Å². The van der Waals surface area contributed by atoms with Crippen molar-refractivity contribution >= 4 is 22.9 Å². The second-order valence-corrected chi connectivity index (χ2v) is 9.09. The van der Waals surface area contributed by atoms with E-state index in [2.05, 4.69) is 15.6 Å². The van der Waals surface area contributed by atoms with Gasteiger partial charge in [-0.2, -0.15) is 0 Å². The van der Waals surface area contributed by atoms with Crippen LogP contribution in [0.15, 0.2) is 29.6 Å². The van der Waals surface area contributed by atoms with E-state index in [1.165, 1.54) is 50.8 Å². The number of hydrogen-bond donors (Lipinski definition) is 1. The average molecular weight is 384 g/mol. The maximum Gasteiger partial charge on any atom is 0.231 e. The molecule has 1 N–H and O–H groups in total. The Balaban J connectivity index is 1.28. The molecule has 1 aliphatic heterocycles. The number of nitrogens with zero attached hydrogens (tertiary/aromatic N) is 2. The van der Waals surface area contributed by atoms with Gasteiger partial charge in [-0.25, -0.2) is 4.98 Å². The largest absolute Gasteiger partial charge is 0.326 e. The summed E-state index contributed by atoms with van der Waals surface area (Å²) in [5.41, 5.74) is 3.15. The normalized spacial score (nSPS) is 23.0. The van der Waals surface area contributed by atoms with Crippen molar-refractivity contribution in [2.45, 2.75) is 52.0 Å². The third-order valence-electron chi connectivity index (χ3n) is 6.01. The number of benzene rings is 1. The fourth-order valence-electron chi connectivity index (χ4n) is 4.53. The highest BCUT2D eigenvalue weighted by Crippen LogP contribution is 2.36. The minimum absolute atomic E-state index is 0.00257. The molecule has 1 amide bonds. The van der Waals surface area contributed by atoms with Crippen LogP contribution >= 0.6 is 11.3 Å². The zero-order valence-electron chi connectivity index (χ0n) is 16.1. The average Bonchev–Trinajstić information content (AvgIpc) is 3.10.